The predicted molar refractivity (Wildman–Crippen MR) is 68.8 cm³/mol. The van der Waals surface area contributed by atoms with Crippen molar-refractivity contribution in [3.05, 3.63) is 18.1 Å². The summed E-state index contributed by atoms with van der Waals surface area (Å²) in [6, 6.07) is 2.51. The Kier molecular flexibility index (Phi) is 2.77. The third kappa shape index (κ3) is 2.15. The van der Waals surface area contributed by atoms with Crippen molar-refractivity contribution < 1.29 is 0 Å². The van der Waals surface area contributed by atoms with Crippen LogP contribution in [0.25, 0.3) is 0 Å². The van der Waals surface area contributed by atoms with Gasteiger partial charge in [0.15, 0.2) is 0 Å². The highest BCUT2D eigenvalue weighted by molar-refractivity contribution is 5.34. The van der Waals surface area contributed by atoms with Crippen molar-refractivity contribution in [2.24, 2.45) is 17.8 Å². The second-order valence-corrected chi connectivity index (χ2v) is 5.76. The Hall–Kier alpha value is -1.12. The topological polar surface area (TPSA) is 37.8 Å². The molecule has 2 bridgehead atoms. The van der Waals surface area contributed by atoms with E-state index < -0.39 is 0 Å². The second-order valence-electron chi connectivity index (χ2n) is 5.76. The molecule has 0 amide bonds. The average molecular weight is 231 g/mol. The van der Waals surface area contributed by atoms with Crippen molar-refractivity contribution in [1.82, 2.24) is 9.97 Å². The van der Waals surface area contributed by atoms with E-state index in [0.717, 1.165) is 29.4 Å². The zero-order valence-electron chi connectivity index (χ0n) is 10.7. The monoisotopic (exact) mass is 231 g/mol. The van der Waals surface area contributed by atoms with Crippen molar-refractivity contribution in [2.75, 3.05) is 5.32 Å². The third-order valence-electron chi connectivity index (χ3n) is 4.59. The van der Waals surface area contributed by atoms with Crippen molar-refractivity contribution in [3.8, 4) is 0 Å². The Morgan fingerprint density at radius 2 is 2.24 bits per heavy atom. The number of nitrogens with one attached hydrogen (secondary N) is 1. The summed E-state index contributed by atoms with van der Waals surface area (Å²) in [5.74, 6) is 4.65. The van der Waals surface area contributed by atoms with Crippen molar-refractivity contribution in [2.45, 2.75) is 45.6 Å². The summed E-state index contributed by atoms with van der Waals surface area (Å²) in [6.07, 6.45) is 7.64. The molecule has 0 spiro atoms. The summed E-state index contributed by atoms with van der Waals surface area (Å²) in [4.78, 5) is 8.56. The van der Waals surface area contributed by atoms with Gasteiger partial charge < -0.3 is 5.32 Å². The molecule has 2 fully saturated rings. The molecule has 0 aliphatic heterocycles. The van der Waals surface area contributed by atoms with Crippen LogP contribution >= 0.6 is 0 Å². The van der Waals surface area contributed by atoms with Crippen LogP contribution in [-0.2, 0) is 0 Å². The molecule has 4 atom stereocenters. The van der Waals surface area contributed by atoms with Gasteiger partial charge in [0.25, 0.3) is 0 Å². The van der Waals surface area contributed by atoms with Gasteiger partial charge in [-0.15, -0.1) is 0 Å². The molecule has 1 heterocycles. The maximum atomic E-state index is 4.42. The van der Waals surface area contributed by atoms with Crippen LogP contribution in [0.15, 0.2) is 12.3 Å². The molecule has 3 heteroatoms. The van der Waals surface area contributed by atoms with E-state index in [9.17, 15) is 0 Å². The van der Waals surface area contributed by atoms with E-state index in [1.165, 1.54) is 25.7 Å². The Labute approximate surface area is 103 Å². The van der Waals surface area contributed by atoms with Crippen LogP contribution in [0.1, 0.15) is 38.4 Å². The lowest BCUT2D eigenvalue weighted by atomic mass is 9.84. The number of hydrogen-bond acceptors (Lipinski definition) is 3. The molecule has 2 aliphatic rings. The summed E-state index contributed by atoms with van der Waals surface area (Å²) >= 11 is 0. The van der Waals surface area contributed by atoms with Crippen molar-refractivity contribution in [1.29, 1.82) is 0 Å². The number of hydrogen-bond donors (Lipinski definition) is 1. The Morgan fingerprint density at radius 3 is 2.88 bits per heavy atom. The first-order valence-electron chi connectivity index (χ1n) is 6.78. The zero-order chi connectivity index (χ0) is 11.8. The van der Waals surface area contributed by atoms with E-state index in [0.29, 0.717) is 6.04 Å². The zero-order valence-corrected chi connectivity index (χ0v) is 10.7. The van der Waals surface area contributed by atoms with Gasteiger partial charge in [0.05, 0.1) is 0 Å². The van der Waals surface area contributed by atoms with Crippen LogP contribution < -0.4 is 5.32 Å². The van der Waals surface area contributed by atoms with Gasteiger partial charge >= 0.3 is 0 Å². The first-order chi connectivity index (χ1) is 8.22. The molecule has 1 aromatic heterocycles. The number of fused-ring (bicyclic) bond motifs is 2. The highest BCUT2D eigenvalue weighted by atomic mass is 15.0. The van der Waals surface area contributed by atoms with Crippen LogP contribution in [-0.4, -0.2) is 16.0 Å². The normalized spacial score (nSPS) is 32.7. The molecular weight excluding hydrogens is 210 g/mol. The average Bonchev–Trinajstić information content (AvgIpc) is 2.90. The van der Waals surface area contributed by atoms with Gasteiger partial charge in [0.1, 0.15) is 11.6 Å². The second kappa shape index (κ2) is 4.28. The predicted octanol–water partition coefficient (Wildman–Crippen LogP) is 3.02. The van der Waals surface area contributed by atoms with Gasteiger partial charge in [-0.3, -0.25) is 0 Å². The number of nitrogens with zero attached hydrogens (tertiary/aromatic N) is 2. The number of anilines is 1. The molecule has 4 unspecified atom stereocenters. The van der Waals surface area contributed by atoms with Gasteiger partial charge in [0.2, 0.25) is 0 Å². The van der Waals surface area contributed by atoms with E-state index >= 15 is 0 Å². The highest BCUT2D eigenvalue weighted by Crippen LogP contribution is 2.49. The van der Waals surface area contributed by atoms with Gasteiger partial charge in [-0.2, -0.15) is 0 Å². The number of aryl methyl sites for hydroxylation is 1. The maximum Gasteiger partial charge on any atom is 0.129 e. The lowest BCUT2D eigenvalue weighted by Crippen LogP contribution is -2.30. The summed E-state index contributed by atoms with van der Waals surface area (Å²) in [5.41, 5.74) is 0. The minimum absolute atomic E-state index is 0.541. The maximum absolute atomic E-state index is 4.42. The van der Waals surface area contributed by atoms with Crippen LogP contribution in [0.4, 0.5) is 5.82 Å². The molecule has 3 rings (SSSR count). The fourth-order valence-corrected chi connectivity index (χ4v) is 3.78. The van der Waals surface area contributed by atoms with Gasteiger partial charge in [-0.25, -0.2) is 9.97 Å². The largest absolute Gasteiger partial charge is 0.367 e. The fourth-order valence-electron chi connectivity index (χ4n) is 3.78. The van der Waals surface area contributed by atoms with Crippen LogP contribution in [0.3, 0.4) is 0 Å². The molecular formula is C14H21N3. The fraction of sp³-hybridized carbons (Fsp3) is 0.714. The first kappa shape index (κ1) is 11.0. The summed E-state index contributed by atoms with van der Waals surface area (Å²) < 4.78 is 0. The standard InChI is InChI=1S/C14H21N3/c1-9(13-8-11-3-4-12(13)7-11)16-14-5-6-15-10(2)17-14/h5-6,9,11-13H,3-4,7-8H2,1-2H3,(H,15,16,17). The van der Waals surface area contributed by atoms with E-state index in [2.05, 4.69) is 22.2 Å². The molecule has 0 saturated heterocycles. The molecule has 17 heavy (non-hydrogen) atoms. The molecule has 2 saturated carbocycles. The summed E-state index contributed by atoms with van der Waals surface area (Å²) in [5, 5.41) is 3.56. The molecule has 2 aliphatic carbocycles. The minimum atomic E-state index is 0.541. The third-order valence-corrected chi connectivity index (χ3v) is 4.59. The highest BCUT2D eigenvalue weighted by Gasteiger charge is 2.41. The Balaban J connectivity index is 1.65. The Morgan fingerprint density at radius 1 is 1.35 bits per heavy atom. The number of rotatable bonds is 3. The molecule has 0 radical (unpaired) electrons. The number of aromatic nitrogens is 2. The van der Waals surface area contributed by atoms with Gasteiger partial charge in [-0.05, 0) is 56.9 Å². The SMILES string of the molecule is Cc1nccc(NC(C)C2CC3CCC2C3)n1. The minimum Gasteiger partial charge on any atom is -0.367 e. The van der Waals surface area contributed by atoms with Gasteiger partial charge in [-0.1, -0.05) is 6.42 Å². The van der Waals surface area contributed by atoms with Crippen LogP contribution in [0, 0.1) is 24.7 Å². The summed E-state index contributed by atoms with van der Waals surface area (Å²) in [6.45, 7) is 4.25. The van der Waals surface area contributed by atoms with E-state index in [1.54, 1.807) is 0 Å². The van der Waals surface area contributed by atoms with E-state index in [1.807, 2.05) is 19.2 Å². The first-order valence-corrected chi connectivity index (χ1v) is 6.78. The van der Waals surface area contributed by atoms with Crippen LogP contribution in [0.5, 0.6) is 0 Å². The van der Waals surface area contributed by atoms with E-state index in [-0.39, 0.29) is 0 Å². The quantitative estimate of drug-likeness (QED) is 0.869. The molecule has 1 N–H and O–H groups in total. The summed E-state index contributed by atoms with van der Waals surface area (Å²) in [7, 11) is 0. The molecule has 3 nitrogen and oxygen atoms in total. The van der Waals surface area contributed by atoms with Crippen molar-refractivity contribution >= 4 is 5.82 Å². The molecule has 92 valence electrons. The lowest BCUT2D eigenvalue weighted by Gasteiger charge is -2.28. The van der Waals surface area contributed by atoms with Gasteiger partial charge in [0, 0.05) is 12.2 Å². The van der Waals surface area contributed by atoms with Crippen LogP contribution in [0.2, 0.25) is 0 Å². The van der Waals surface area contributed by atoms with Crippen molar-refractivity contribution in [3.63, 3.8) is 0 Å². The smallest absolute Gasteiger partial charge is 0.129 e. The lowest BCUT2D eigenvalue weighted by molar-refractivity contribution is 0.304. The molecule has 1 aromatic rings. The molecule has 0 aromatic carbocycles. The van der Waals surface area contributed by atoms with E-state index in [4.69, 9.17) is 0 Å². The Bertz CT molecular complexity index is 404.